The van der Waals surface area contributed by atoms with Crippen molar-refractivity contribution in [3.05, 3.63) is 48.2 Å². The summed E-state index contributed by atoms with van der Waals surface area (Å²) >= 11 is 1.30. The van der Waals surface area contributed by atoms with Gasteiger partial charge in [-0.1, -0.05) is 30.8 Å². The summed E-state index contributed by atoms with van der Waals surface area (Å²) in [4.78, 5) is 19.0. The molecule has 1 aromatic carbocycles. The van der Waals surface area contributed by atoms with Gasteiger partial charge in [-0.25, -0.2) is 13.4 Å². The van der Waals surface area contributed by atoms with Crippen molar-refractivity contribution in [2.75, 3.05) is 38.5 Å². The predicted molar refractivity (Wildman–Crippen MR) is 120 cm³/mol. The lowest BCUT2D eigenvalue weighted by atomic mass is 10.1. The molecule has 1 aromatic heterocycles. The largest absolute Gasteiger partial charge is 0.325 e. The number of hydrogen-bond acceptors (Lipinski definition) is 6. The molecule has 0 bridgehead atoms. The Labute approximate surface area is 182 Å². The Kier molecular flexibility index (Phi) is 7.51. The number of sulfonamides is 1. The van der Waals surface area contributed by atoms with E-state index in [1.165, 1.54) is 27.8 Å². The number of amides is 1. The van der Waals surface area contributed by atoms with Gasteiger partial charge in [0.1, 0.15) is 4.90 Å². The first-order valence-electron chi connectivity index (χ1n) is 10.0. The van der Waals surface area contributed by atoms with Crippen LogP contribution in [-0.4, -0.2) is 67.0 Å². The number of likely N-dealkylation sites (N-methyl/N-ethyl adjacent to an activating group) is 1. The van der Waals surface area contributed by atoms with Crippen LogP contribution in [0.15, 0.2) is 52.5 Å². The highest BCUT2D eigenvalue weighted by molar-refractivity contribution is 8.00. The number of nitrogens with zero attached hydrogens (tertiary/aromatic N) is 3. The summed E-state index contributed by atoms with van der Waals surface area (Å²) in [7, 11) is -1.56. The van der Waals surface area contributed by atoms with Crippen LogP contribution in [0.4, 0.5) is 5.69 Å². The van der Waals surface area contributed by atoms with Crippen LogP contribution in [0.1, 0.15) is 19.4 Å². The molecule has 0 radical (unpaired) electrons. The summed E-state index contributed by atoms with van der Waals surface area (Å²) in [6.45, 7) is 6.28. The molecule has 162 valence electrons. The van der Waals surface area contributed by atoms with E-state index >= 15 is 0 Å². The maximum absolute atomic E-state index is 12.8. The molecule has 0 aliphatic carbocycles. The van der Waals surface area contributed by atoms with Crippen molar-refractivity contribution in [2.45, 2.75) is 35.4 Å². The highest BCUT2D eigenvalue weighted by Crippen LogP contribution is 2.24. The molecule has 1 fully saturated rings. The van der Waals surface area contributed by atoms with Gasteiger partial charge < -0.3 is 10.2 Å². The summed E-state index contributed by atoms with van der Waals surface area (Å²) in [6.07, 6.45) is 2.33. The van der Waals surface area contributed by atoms with Gasteiger partial charge in [-0.15, -0.1) is 0 Å². The van der Waals surface area contributed by atoms with Gasteiger partial charge in [0.15, 0.2) is 0 Å². The molecule has 9 heteroatoms. The van der Waals surface area contributed by atoms with E-state index in [1.807, 2.05) is 31.3 Å². The second-order valence-corrected chi connectivity index (χ2v) is 10.6. The maximum atomic E-state index is 12.8. The molecular formula is C21H28N4O3S2. The maximum Gasteiger partial charge on any atom is 0.244 e. The molecule has 1 atom stereocenters. The highest BCUT2D eigenvalue weighted by Gasteiger charge is 2.27. The average molecular weight is 449 g/mol. The number of pyridine rings is 1. The topological polar surface area (TPSA) is 82.6 Å². The van der Waals surface area contributed by atoms with Crippen molar-refractivity contribution < 1.29 is 13.2 Å². The summed E-state index contributed by atoms with van der Waals surface area (Å²) in [5.74, 6) is -0.125. The molecule has 7 nitrogen and oxygen atoms in total. The monoisotopic (exact) mass is 448 g/mol. The number of aryl methyl sites for hydroxylation is 1. The van der Waals surface area contributed by atoms with Crippen molar-refractivity contribution >= 4 is 33.4 Å². The van der Waals surface area contributed by atoms with Crippen molar-refractivity contribution in [1.82, 2.24) is 14.2 Å². The Morgan fingerprint density at radius 2 is 1.80 bits per heavy atom. The van der Waals surface area contributed by atoms with Gasteiger partial charge in [0, 0.05) is 38.1 Å². The lowest BCUT2D eigenvalue weighted by Crippen LogP contribution is -2.47. The van der Waals surface area contributed by atoms with E-state index in [9.17, 15) is 13.2 Å². The number of benzene rings is 1. The standard InChI is InChI=1S/C21H28N4O3S2/c1-4-17-5-7-18(8-6-17)23-21(26)16(2)29-20-10-9-19(15-22-20)30(27,28)25-13-11-24(3)12-14-25/h5-10,15-16H,4,11-14H2,1-3H3,(H,23,26)/t16-/m1/s1. The van der Waals surface area contributed by atoms with Crippen LogP contribution in [-0.2, 0) is 21.2 Å². The van der Waals surface area contributed by atoms with Gasteiger partial charge in [0.2, 0.25) is 15.9 Å². The third kappa shape index (κ3) is 5.60. The molecule has 0 unspecified atom stereocenters. The zero-order valence-corrected chi connectivity index (χ0v) is 19.2. The molecule has 2 heterocycles. The first kappa shape index (κ1) is 22.7. The second kappa shape index (κ2) is 9.91. The third-order valence-electron chi connectivity index (χ3n) is 5.11. The van der Waals surface area contributed by atoms with Gasteiger partial charge in [0.25, 0.3) is 0 Å². The van der Waals surface area contributed by atoms with E-state index in [-0.39, 0.29) is 16.1 Å². The number of carbonyl (C=O) groups excluding carboxylic acids is 1. The van der Waals surface area contributed by atoms with Crippen LogP contribution in [0.25, 0.3) is 0 Å². The second-order valence-electron chi connectivity index (χ2n) is 7.34. The van der Waals surface area contributed by atoms with Crippen LogP contribution >= 0.6 is 11.8 Å². The first-order valence-corrected chi connectivity index (χ1v) is 12.3. The minimum Gasteiger partial charge on any atom is -0.325 e. The quantitative estimate of drug-likeness (QED) is 0.656. The average Bonchev–Trinajstić information content (AvgIpc) is 2.75. The van der Waals surface area contributed by atoms with E-state index in [0.717, 1.165) is 12.1 Å². The number of thioether (sulfide) groups is 1. The number of piperazine rings is 1. The van der Waals surface area contributed by atoms with Crippen LogP contribution in [0.5, 0.6) is 0 Å². The summed E-state index contributed by atoms with van der Waals surface area (Å²) in [5.41, 5.74) is 1.97. The van der Waals surface area contributed by atoms with Crippen LogP contribution < -0.4 is 5.32 Å². The van der Waals surface area contributed by atoms with E-state index in [2.05, 4.69) is 22.1 Å². The number of anilines is 1. The lowest BCUT2D eigenvalue weighted by molar-refractivity contribution is -0.115. The van der Waals surface area contributed by atoms with E-state index < -0.39 is 10.0 Å². The molecule has 1 saturated heterocycles. The van der Waals surface area contributed by atoms with E-state index in [1.54, 1.807) is 19.1 Å². The van der Waals surface area contributed by atoms with Crippen molar-refractivity contribution in [1.29, 1.82) is 0 Å². The minimum absolute atomic E-state index is 0.125. The number of hydrogen-bond donors (Lipinski definition) is 1. The third-order valence-corrected chi connectivity index (χ3v) is 8.04. The SMILES string of the molecule is CCc1ccc(NC(=O)[C@@H](C)Sc2ccc(S(=O)(=O)N3CCN(C)CC3)cn2)cc1. The minimum atomic E-state index is -3.54. The molecule has 1 aliphatic rings. The van der Waals surface area contributed by atoms with E-state index in [4.69, 9.17) is 0 Å². The Balaban J connectivity index is 1.59. The fourth-order valence-electron chi connectivity index (χ4n) is 3.07. The molecule has 1 amide bonds. The number of nitrogens with one attached hydrogen (secondary N) is 1. The summed E-state index contributed by atoms with van der Waals surface area (Å²) < 4.78 is 27.1. The Hall–Kier alpha value is -1.94. The van der Waals surface area contributed by atoms with Crippen molar-refractivity contribution in [3.63, 3.8) is 0 Å². The highest BCUT2D eigenvalue weighted by atomic mass is 32.2. The molecule has 30 heavy (non-hydrogen) atoms. The van der Waals surface area contributed by atoms with Gasteiger partial charge in [-0.05, 0) is 50.2 Å². The molecule has 0 spiro atoms. The van der Waals surface area contributed by atoms with Crippen LogP contribution in [0, 0.1) is 0 Å². The normalized spacial score (nSPS) is 16.9. The molecule has 1 N–H and O–H groups in total. The summed E-state index contributed by atoms with van der Waals surface area (Å²) in [5, 5.41) is 3.14. The molecule has 3 rings (SSSR count). The van der Waals surface area contributed by atoms with Crippen LogP contribution in [0.2, 0.25) is 0 Å². The molecular weight excluding hydrogens is 420 g/mol. The van der Waals surface area contributed by atoms with E-state index in [0.29, 0.717) is 31.2 Å². The smallest absolute Gasteiger partial charge is 0.244 e. The molecule has 2 aromatic rings. The van der Waals surface area contributed by atoms with Crippen LogP contribution in [0.3, 0.4) is 0 Å². The molecule has 1 aliphatic heterocycles. The van der Waals surface area contributed by atoms with Gasteiger partial charge >= 0.3 is 0 Å². The lowest BCUT2D eigenvalue weighted by Gasteiger charge is -2.31. The Morgan fingerprint density at radius 3 is 2.37 bits per heavy atom. The predicted octanol–water partition coefficient (Wildman–Crippen LogP) is 2.70. The fraction of sp³-hybridized carbons (Fsp3) is 0.429. The molecule has 0 saturated carbocycles. The zero-order valence-electron chi connectivity index (χ0n) is 17.5. The number of aromatic nitrogens is 1. The van der Waals surface area contributed by atoms with Gasteiger partial charge in [-0.2, -0.15) is 4.31 Å². The fourth-order valence-corrected chi connectivity index (χ4v) is 5.23. The van der Waals surface area contributed by atoms with Crippen molar-refractivity contribution in [2.24, 2.45) is 0 Å². The van der Waals surface area contributed by atoms with Gasteiger partial charge in [-0.3, -0.25) is 4.79 Å². The number of carbonyl (C=O) groups is 1. The zero-order chi connectivity index (χ0) is 21.7. The number of rotatable bonds is 7. The Bertz CT molecular complexity index is 955. The Morgan fingerprint density at radius 1 is 1.13 bits per heavy atom. The van der Waals surface area contributed by atoms with Gasteiger partial charge in [0.05, 0.1) is 10.3 Å². The summed E-state index contributed by atoms with van der Waals surface area (Å²) in [6, 6.07) is 11.0. The first-order chi connectivity index (χ1) is 14.3. The van der Waals surface area contributed by atoms with Crippen molar-refractivity contribution in [3.8, 4) is 0 Å².